The van der Waals surface area contributed by atoms with Crippen molar-refractivity contribution in [3.63, 3.8) is 0 Å². The fourth-order valence-corrected chi connectivity index (χ4v) is 5.14. The lowest BCUT2D eigenvalue weighted by Crippen LogP contribution is -2.41. The lowest BCUT2D eigenvalue weighted by atomic mass is 9.94. The molecule has 1 aromatic heterocycles. The minimum Gasteiger partial charge on any atom is -0.481 e. The second-order valence-electron chi connectivity index (χ2n) is 6.33. The van der Waals surface area contributed by atoms with Crippen molar-refractivity contribution < 1.29 is 19.4 Å². The van der Waals surface area contributed by atoms with E-state index < -0.39 is 5.97 Å². The number of carboxylic acid groups (broad SMARTS) is 1. The zero-order valence-electron chi connectivity index (χ0n) is 13.5. The van der Waals surface area contributed by atoms with Gasteiger partial charge in [-0.15, -0.1) is 11.3 Å². The third-order valence-corrected chi connectivity index (χ3v) is 6.42. The van der Waals surface area contributed by atoms with Crippen LogP contribution in [-0.2, 0) is 4.79 Å². The van der Waals surface area contributed by atoms with E-state index in [2.05, 4.69) is 33.0 Å². The Kier molecular flexibility index (Phi) is 4.71. The molecule has 4 rings (SSSR count). The van der Waals surface area contributed by atoms with E-state index in [1.165, 1.54) is 4.88 Å². The number of hydrogen-bond donors (Lipinski definition) is 1. The van der Waals surface area contributed by atoms with Crippen molar-refractivity contribution >= 4 is 33.2 Å². The summed E-state index contributed by atoms with van der Waals surface area (Å²) in [4.78, 5) is 15.0. The predicted molar refractivity (Wildman–Crippen MR) is 98.4 cm³/mol. The molecule has 5 nitrogen and oxygen atoms in total. The normalized spacial score (nSPS) is 21.2. The Morgan fingerprint density at radius 3 is 2.88 bits per heavy atom. The van der Waals surface area contributed by atoms with Crippen molar-refractivity contribution in [2.75, 3.05) is 19.9 Å². The number of thiophene rings is 1. The number of rotatable bonds is 4. The highest BCUT2D eigenvalue weighted by molar-refractivity contribution is 9.11. The van der Waals surface area contributed by atoms with Gasteiger partial charge >= 0.3 is 5.97 Å². The third-order valence-electron chi connectivity index (χ3n) is 4.74. The maximum absolute atomic E-state index is 11.5. The summed E-state index contributed by atoms with van der Waals surface area (Å²) in [6.45, 7) is 1.70. The molecule has 7 heteroatoms. The van der Waals surface area contributed by atoms with Gasteiger partial charge in [-0.2, -0.15) is 0 Å². The van der Waals surface area contributed by atoms with Crippen molar-refractivity contribution in [1.82, 2.24) is 4.90 Å². The lowest BCUT2D eigenvalue weighted by Gasteiger charge is -2.37. The molecular formula is C18H18BrNO4S. The summed E-state index contributed by atoms with van der Waals surface area (Å²) in [6, 6.07) is 10.2. The Hall–Kier alpha value is -1.57. The first kappa shape index (κ1) is 16.9. The summed E-state index contributed by atoms with van der Waals surface area (Å²) in [5.74, 6) is 0.497. The van der Waals surface area contributed by atoms with Gasteiger partial charge in [-0.25, -0.2) is 0 Å². The number of likely N-dealkylation sites (tertiary alicyclic amines) is 1. The molecule has 0 aliphatic carbocycles. The molecule has 2 atom stereocenters. The van der Waals surface area contributed by atoms with Gasteiger partial charge in [0.2, 0.25) is 6.79 Å². The monoisotopic (exact) mass is 423 g/mol. The van der Waals surface area contributed by atoms with Gasteiger partial charge in [0, 0.05) is 11.4 Å². The van der Waals surface area contributed by atoms with Crippen LogP contribution in [0.1, 0.15) is 29.3 Å². The zero-order valence-corrected chi connectivity index (χ0v) is 15.9. The highest BCUT2D eigenvalue weighted by atomic mass is 79.9. The SMILES string of the molecule is O=C(O)C1CCCN(C(c2ccc3c(c2)OCO3)c2ccc(Br)s2)C1. The number of aliphatic carboxylic acids is 1. The van der Waals surface area contributed by atoms with E-state index in [1.54, 1.807) is 11.3 Å². The number of fused-ring (bicyclic) bond motifs is 1. The Bertz CT molecular complexity index is 793. The zero-order chi connectivity index (χ0) is 17.4. The molecule has 0 amide bonds. The second kappa shape index (κ2) is 6.97. The predicted octanol–water partition coefficient (Wildman–Crippen LogP) is 4.13. The van der Waals surface area contributed by atoms with Crippen molar-refractivity contribution in [3.8, 4) is 11.5 Å². The number of halogens is 1. The Morgan fingerprint density at radius 2 is 2.12 bits per heavy atom. The van der Waals surface area contributed by atoms with Crippen LogP contribution < -0.4 is 9.47 Å². The molecule has 1 saturated heterocycles. The van der Waals surface area contributed by atoms with E-state index in [0.717, 1.165) is 40.2 Å². The van der Waals surface area contributed by atoms with Crippen LogP contribution in [0.4, 0.5) is 0 Å². The quantitative estimate of drug-likeness (QED) is 0.800. The third kappa shape index (κ3) is 3.41. The molecule has 0 saturated carbocycles. The molecular weight excluding hydrogens is 406 g/mol. The number of nitrogens with zero attached hydrogens (tertiary/aromatic N) is 1. The number of carboxylic acids is 1. The van der Waals surface area contributed by atoms with Crippen LogP contribution in [0.5, 0.6) is 11.5 Å². The van der Waals surface area contributed by atoms with Gasteiger partial charge in [-0.05, 0) is 65.1 Å². The first-order valence-electron chi connectivity index (χ1n) is 8.23. The average Bonchev–Trinajstić information content (AvgIpc) is 3.24. The average molecular weight is 424 g/mol. The van der Waals surface area contributed by atoms with Crippen LogP contribution in [0.2, 0.25) is 0 Å². The molecule has 1 N–H and O–H groups in total. The van der Waals surface area contributed by atoms with Crippen LogP contribution in [0, 0.1) is 5.92 Å². The van der Waals surface area contributed by atoms with Crippen LogP contribution in [-0.4, -0.2) is 35.9 Å². The summed E-state index contributed by atoms with van der Waals surface area (Å²) < 4.78 is 12.0. The maximum Gasteiger partial charge on any atom is 0.307 e. The number of carbonyl (C=O) groups is 1. The molecule has 25 heavy (non-hydrogen) atoms. The van der Waals surface area contributed by atoms with E-state index >= 15 is 0 Å². The molecule has 0 bridgehead atoms. The van der Waals surface area contributed by atoms with Gasteiger partial charge in [0.15, 0.2) is 11.5 Å². The smallest absolute Gasteiger partial charge is 0.307 e. The van der Waals surface area contributed by atoms with Gasteiger partial charge in [-0.3, -0.25) is 9.69 Å². The highest BCUT2D eigenvalue weighted by Gasteiger charge is 2.32. The number of ether oxygens (including phenoxy) is 2. The fraction of sp³-hybridized carbons (Fsp3) is 0.389. The van der Waals surface area contributed by atoms with E-state index in [0.29, 0.717) is 6.54 Å². The van der Waals surface area contributed by atoms with Crippen LogP contribution >= 0.6 is 27.3 Å². The largest absolute Gasteiger partial charge is 0.481 e. The molecule has 132 valence electrons. The van der Waals surface area contributed by atoms with E-state index in [-0.39, 0.29) is 18.8 Å². The molecule has 3 heterocycles. The summed E-state index contributed by atoms with van der Waals surface area (Å²) in [6.07, 6.45) is 1.64. The van der Waals surface area contributed by atoms with Gasteiger partial charge in [0.1, 0.15) is 0 Å². The molecule has 0 radical (unpaired) electrons. The summed E-state index contributed by atoms with van der Waals surface area (Å²) >= 11 is 5.23. The van der Waals surface area contributed by atoms with Crippen molar-refractivity contribution in [1.29, 1.82) is 0 Å². The van der Waals surface area contributed by atoms with Gasteiger partial charge in [-0.1, -0.05) is 6.07 Å². The molecule has 1 fully saturated rings. The topological polar surface area (TPSA) is 59.0 Å². The molecule has 2 unspecified atom stereocenters. The summed E-state index contributed by atoms with van der Waals surface area (Å²) in [7, 11) is 0. The standard InChI is InChI=1S/C18H18BrNO4S/c19-16-6-5-15(25-16)17(20-7-1-2-12(9-20)18(21)22)11-3-4-13-14(8-11)24-10-23-13/h3-6,8,12,17H,1-2,7,9-10H2,(H,21,22). The van der Waals surface area contributed by atoms with Gasteiger partial charge in [0.05, 0.1) is 15.7 Å². The van der Waals surface area contributed by atoms with Crippen molar-refractivity contribution in [2.45, 2.75) is 18.9 Å². The molecule has 2 aliphatic heterocycles. The van der Waals surface area contributed by atoms with Gasteiger partial charge in [0.25, 0.3) is 0 Å². The van der Waals surface area contributed by atoms with E-state index in [4.69, 9.17) is 9.47 Å². The van der Waals surface area contributed by atoms with Crippen molar-refractivity contribution in [3.05, 3.63) is 44.6 Å². The Balaban J connectivity index is 1.70. The molecule has 0 spiro atoms. The van der Waals surface area contributed by atoms with Crippen molar-refractivity contribution in [2.24, 2.45) is 5.92 Å². The minimum absolute atomic E-state index is 0.0212. The molecule has 2 aliphatic rings. The van der Waals surface area contributed by atoms with E-state index in [1.807, 2.05) is 18.2 Å². The summed E-state index contributed by atoms with van der Waals surface area (Å²) in [5, 5.41) is 9.44. The highest BCUT2D eigenvalue weighted by Crippen LogP contribution is 2.41. The number of piperidine rings is 1. The van der Waals surface area contributed by atoms with Crippen LogP contribution in [0.25, 0.3) is 0 Å². The first-order valence-corrected chi connectivity index (χ1v) is 9.84. The second-order valence-corrected chi connectivity index (χ2v) is 8.82. The maximum atomic E-state index is 11.5. The first-order chi connectivity index (χ1) is 12.1. The Labute approximate surface area is 158 Å². The Morgan fingerprint density at radius 1 is 1.28 bits per heavy atom. The fourth-order valence-electron chi connectivity index (χ4n) is 3.56. The summed E-state index contributed by atoms with van der Waals surface area (Å²) in [5.41, 5.74) is 1.10. The number of benzene rings is 1. The minimum atomic E-state index is -0.707. The van der Waals surface area contributed by atoms with Crippen LogP contribution in [0.3, 0.4) is 0 Å². The van der Waals surface area contributed by atoms with Crippen LogP contribution in [0.15, 0.2) is 34.1 Å². The van der Waals surface area contributed by atoms with E-state index in [9.17, 15) is 9.90 Å². The number of hydrogen-bond acceptors (Lipinski definition) is 5. The molecule has 1 aromatic carbocycles. The lowest BCUT2D eigenvalue weighted by molar-refractivity contribution is -0.143. The molecule has 2 aromatic rings. The van der Waals surface area contributed by atoms with Gasteiger partial charge < -0.3 is 14.6 Å².